The number of nitrogens with zero attached hydrogens (tertiary/aromatic N) is 1. The van der Waals surface area contributed by atoms with E-state index in [1.54, 1.807) is 0 Å². The summed E-state index contributed by atoms with van der Waals surface area (Å²) >= 11 is 0. The van der Waals surface area contributed by atoms with Crippen molar-refractivity contribution in [2.75, 3.05) is 54.1 Å². The third-order valence-electron chi connectivity index (χ3n) is 7.33. The Hall–Kier alpha value is -1.80. The van der Waals surface area contributed by atoms with Gasteiger partial charge < -0.3 is 27.9 Å². The molecule has 0 aliphatic heterocycles. The predicted octanol–water partition coefficient (Wildman–Crippen LogP) is 9.58. The molecule has 0 aromatic heterocycles. The van der Waals surface area contributed by atoms with E-state index >= 15 is 0 Å². The minimum Gasteiger partial charge on any atom is -0.756 e. The standard InChI is InChI=1S/C39H70NO7P/c1-6-8-10-12-14-15-16-17-18-19-20-21-22-23-24-25-26-28-30-32-39(41)47-38(36-44-34-31-29-27-13-11-9-7-2)37-46-48(42,43)45-35-33-40(3,4)5/h8,10,14-15,17-18,20-21,23-24,38H,6-7,9,11-13,16,19,22,25-37H2,1-5H3/b10-8-,15-14-,18-17-,21-20-,24-23-. The summed E-state index contributed by atoms with van der Waals surface area (Å²) in [5.74, 6) is -0.371. The minimum atomic E-state index is -4.52. The van der Waals surface area contributed by atoms with E-state index in [-0.39, 0.29) is 32.2 Å². The molecule has 0 aromatic rings. The topological polar surface area (TPSA) is 94.1 Å². The van der Waals surface area contributed by atoms with E-state index in [1.807, 2.05) is 21.1 Å². The van der Waals surface area contributed by atoms with Crippen LogP contribution in [0.15, 0.2) is 60.8 Å². The van der Waals surface area contributed by atoms with Gasteiger partial charge in [-0.25, -0.2) is 0 Å². The Morgan fingerprint density at radius 3 is 1.79 bits per heavy atom. The highest BCUT2D eigenvalue weighted by molar-refractivity contribution is 7.45. The molecule has 0 aliphatic carbocycles. The number of esters is 1. The predicted molar refractivity (Wildman–Crippen MR) is 199 cm³/mol. The average molecular weight is 696 g/mol. The van der Waals surface area contributed by atoms with Crippen LogP contribution in [0, 0.1) is 0 Å². The Labute approximate surface area is 294 Å². The first-order valence-corrected chi connectivity index (χ1v) is 20.0. The first kappa shape index (κ1) is 46.2. The second kappa shape index (κ2) is 32.4. The van der Waals surface area contributed by atoms with Gasteiger partial charge in [0.2, 0.25) is 0 Å². The van der Waals surface area contributed by atoms with Crippen LogP contribution in [0.4, 0.5) is 0 Å². The highest BCUT2D eigenvalue weighted by Gasteiger charge is 2.20. The number of likely N-dealkylation sites (N-methyl/N-ethyl adjacent to an activating group) is 1. The molecule has 0 fully saturated rings. The average Bonchev–Trinajstić information content (AvgIpc) is 3.03. The first-order chi connectivity index (χ1) is 23.1. The molecule has 0 bridgehead atoms. The van der Waals surface area contributed by atoms with E-state index in [0.29, 0.717) is 24.1 Å². The maximum Gasteiger partial charge on any atom is 0.306 e. The molecular formula is C39H70NO7P. The van der Waals surface area contributed by atoms with Crippen molar-refractivity contribution >= 4 is 13.8 Å². The maximum atomic E-state index is 12.6. The summed E-state index contributed by atoms with van der Waals surface area (Å²) in [7, 11) is 1.32. The third kappa shape index (κ3) is 35.5. The number of unbranched alkanes of at least 4 members (excludes halogenated alkanes) is 9. The fourth-order valence-corrected chi connectivity index (χ4v) is 5.18. The van der Waals surface area contributed by atoms with Crippen molar-refractivity contribution in [1.82, 2.24) is 0 Å². The van der Waals surface area contributed by atoms with Crippen molar-refractivity contribution in [3.05, 3.63) is 60.8 Å². The maximum absolute atomic E-state index is 12.6. The highest BCUT2D eigenvalue weighted by Crippen LogP contribution is 2.38. The summed E-state index contributed by atoms with van der Waals surface area (Å²) in [6, 6.07) is 0. The highest BCUT2D eigenvalue weighted by atomic mass is 31.2. The normalized spacial score (nSPS) is 14.7. The van der Waals surface area contributed by atoms with Crippen LogP contribution in [0.2, 0.25) is 0 Å². The Balaban J connectivity index is 4.32. The van der Waals surface area contributed by atoms with Gasteiger partial charge in [0.25, 0.3) is 7.82 Å². The second-order valence-corrected chi connectivity index (χ2v) is 14.6. The van der Waals surface area contributed by atoms with Crippen LogP contribution in [0.1, 0.15) is 123 Å². The Bertz CT molecular complexity index is 952. The monoisotopic (exact) mass is 695 g/mol. The van der Waals surface area contributed by atoms with Crippen molar-refractivity contribution in [1.29, 1.82) is 0 Å². The van der Waals surface area contributed by atoms with Crippen LogP contribution in [0.25, 0.3) is 0 Å². The van der Waals surface area contributed by atoms with Gasteiger partial charge in [-0.2, -0.15) is 0 Å². The molecule has 0 saturated carbocycles. The van der Waals surface area contributed by atoms with E-state index in [9.17, 15) is 14.3 Å². The lowest BCUT2D eigenvalue weighted by Crippen LogP contribution is -2.37. The SMILES string of the molecule is CC/C=C\C/C=C\C/C=C\C/C=C\C/C=C\CCCCCC(=O)OC(COCCCCCCCCC)COP(=O)([O-])OCC[N+](C)(C)C. The number of rotatable bonds is 33. The van der Waals surface area contributed by atoms with E-state index in [1.165, 1.54) is 32.1 Å². The van der Waals surface area contributed by atoms with Gasteiger partial charge in [0.05, 0.1) is 34.4 Å². The van der Waals surface area contributed by atoms with Crippen LogP contribution in [0.5, 0.6) is 0 Å². The van der Waals surface area contributed by atoms with Gasteiger partial charge in [0.1, 0.15) is 19.3 Å². The van der Waals surface area contributed by atoms with Crippen LogP contribution < -0.4 is 4.89 Å². The molecule has 48 heavy (non-hydrogen) atoms. The summed E-state index contributed by atoms with van der Waals surface area (Å²) in [4.78, 5) is 24.8. The van der Waals surface area contributed by atoms with Crippen molar-refractivity contribution < 1.29 is 37.3 Å². The van der Waals surface area contributed by atoms with E-state index < -0.39 is 13.9 Å². The molecule has 0 heterocycles. The van der Waals surface area contributed by atoms with Gasteiger partial charge in [-0.15, -0.1) is 0 Å². The molecule has 0 rings (SSSR count). The number of ether oxygens (including phenoxy) is 2. The Kier molecular flexibility index (Phi) is 31.2. The molecular weight excluding hydrogens is 625 g/mol. The molecule has 0 aromatic carbocycles. The van der Waals surface area contributed by atoms with Crippen molar-refractivity contribution in [2.24, 2.45) is 0 Å². The number of hydrogen-bond donors (Lipinski definition) is 0. The summed E-state index contributed by atoms with van der Waals surface area (Å²) in [5.41, 5.74) is 0. The molecule has 278 valence electrons. The van der Waals surface area contributed by atoms with Crippen LogP contribution in [-0.4, -0.2) is 70.7 Å². The van der Waals surface area contributed by atoms with Gasteiger partial charge in [-0.1, -0.05) is 120 Å². The molecule has 0 aliphatic rings. The van der Waals surface area contributed by atoms with Crippen molar-refractivity contribution in [3.63, 3.8) is 0 Å². The number of carbonyl (C=O) groups is 1. The second-order valence-electron chi connectivity index (χ2n) is 13.2. The smallest absolute Gasteiger partial charge is 0.306 e. The summed E-state index contributed by atoms with van der Waals surface area (Å²) < 4.78 is 34.2. The number of allylic oxidation sites excluding steroid dienone is 10. The zero-order valence-corrected chi connectivity index (χ0v) is 32.1. The number of quaternary nitrogens is 1. The van der Waals surface area contributed by atoms with Crippen LogP contribution in [0.3, 0.4) is 0 Å². The number of hydrogen-bond acceptors (Lipinski definition) is 7. The van der Waals surface area contributed by atoms with Gasteiger partial charge in [-0.05, 0) is 57.8 Å². The Morgan fingerprint density at radius 1 is 0.667 bits per heavy atom. The fraction of sp³-hybridized carbons (Fsp3) is 0.718. The summed E-state index contributed by atoms with van der Waals surface area (Å²) in [6.07, 6.45) is 38.1. The number of carbonyl (C=O) groups excluding carboxylic acids is 1. The summed E-state index contributed by atoms with van der Waals surface area (Å²) in [5, 5.41) is 0. The van der Waals surface area contributed by atoms with E-state index in [0.717, 1.165) is 64.2 Å². The van der Waals surface area contributed by atoms with E-state index in [4.69, 9.17) is 18.5 Å². The quantitative estimate of drug-likeness (QED) is 0.0222. The number of phosphoric acid groups is 1. The van der Waals surface area contributed by atoms with Gasteiger partial charge in [0.15, 0.2) is 0 Å². The molecule has 8 nitrogen and oxygen atoms in total. The molecule has 2 atom stereocenters. The Morgan fingerprint density at radius 2 is 1.21 bits per heavy atom. The van der Waals surface area contributed by atoms with Crippen molar-refractivity contribution in [3.8, 4) is 0 Å². The fourth-order valence-electron chi connectivity index (χ4n) is 4.45. The molecule has 0 N–H and O–H groups in total. The van der Waals surface area contributed by atoms with Gasteiger partial charge in [0, 0.05) is 13.0 Å². The lowest BCUT2D eigenvalue weighted by atomic mass is 10.1. The van der Waals surface area contributed by atoms with Crippen molar-refractivity contribution in [2.45, 2.75) is 129 Å². The van der Waals surface area contributed by atoms with E-state index in [2.05, 4.69) is 74.6 Å². The molecule has 9 heteroatoms. The summed E-state index contributed by atoms with van der Waals surface area (Å²) in [6.45, 7) is 5.18. The van der Waals surface area contributed by atoms with Gasteiger partial charge >= 0.3 is 5.97 Å². The lowest BCUT2D eigenvalue weighted by Gasteiger charge is -2.28. The van der Waals surface area contributed by atoms with Gasteiger partial charge in [-0.3, -0.25) is 9.36 Å². The molecule has 0 amide bonds. The van der Waals surface area contributed by atoms with Crippen LogP contribution >= 0.6 is 7.82 Å². The number of phosphoric ester groups is 1. The minimum absolute atomic E-state index is 0.0170. The first-order valence-electron chi connectivity index (χ1n) is 18.5. The van der Waals surface area contributed by atoms with Crippen LogP contribution in [-0.2, 0) is 27.9 Å². The molecule has 0 saturated heterocycles. The largest absolute Gasteiger partial charge is 0.756 e. The lowest BCUT2D eigenvalue weighted by molar-refractivity contribution is -0.870. The molecule has 2 unspecified atom stereocenters. The third-order valence-corrected chi connectivity index (χ3v) is 8.30. The molecule has 0 spiro atoms. The zero-order valence-electron chi connectivity index (χ0n) is 31.2. The molecule has 0 radical (unpaired) electrons. The zero-order chi connectivity index (χ0) is 35.6.